The summed E-state index contributed by atoms with van der Waals surface area (Å²) in [5, 5.41) is 0.242. The molecule has 0 unspecified atom stereocenters. The first-order valence-corrected chi connectivity index (χ1v) is 12.3. The molecule has 0 aromatic heterocycles. The summed E-state index contributed by atoms with van der Waals surface area (Å²) in [7, 11) is -4.01. The van der Waals surface area contributed by atoms with Crippen LogP contribution in [0.15, 0.2) is 83.8 Å². The number of anilines is 2. The van der Waals surface area contributed by atoms with Gasteiger partial charge in [0.05, 0.1) is 15.6 Å². The van der Waals surface area contributed by atoms with Crippen LogP contribution in [-0.4, -0.2) is 51.9 Å². The molecule has 0 saturated carbocycles. The summed E-state index contributed by atoms with van der Waals surface area (Å²) in [4.78, 5) is 17.0. The molecule has 4 rings (SSSR count). The highest BCUT2D eigenvalue weighted by Gasteiger charge is 2.31. The second-order valence-electron chi connectivity index (χ2n) is 7.62. The average Bonchev–Trinajstić information content (AvgIpc) is 2.84. The van der Waals surface area contributed by atoms with Crippen LogP contribution in [0.4, 0.5) is 15.8 Å². The lowest BCUT2D eigenvalue weighted by Crippen LogP contribution is -2.52. The Bertz CT molecular complexity index is 1220. The highest BCUT2D eigenvalue weighted by atomic mass is 35.5. The van der Waals surface area contributed by atoms with E-state index in [1.165, 1.54) is 24.3 Å². The lowest BCUT2D eigenvalue weighted by molar-refractivity contribution is -0.129. The van der Waals surface area contributed by atoms with Gasteiger partial charge in [-0.3, -0.25) is 9.10 Å². The molecule has 1 saturated heterocycles. The van der Waals surface area contributed by atoms with Crippen LogP contribution in [0.3, 0.4) is 0 Å². The Kier molecular flexibility index (Phi) is 6.85. The normalized spacial score (nSPS) is 14.2. The molecule has 1 fully saturated rings. The van der Waals surface area contributed by atoms with Crippen LogP contribution < -0.4 is 9.21 Å². The van der Waals surface area contributed by atoms with E-state index in [-0.39, 0.29) is 33.9 Å². The molecule has 0 aliphatic carbocycles. The number of benzene rings is 3. The van der Waals surface area contributed by atoms with Gasteiger partial charge in [0.15, 0.2) is 0 Å². The van der Waals surface area contributed by atoms with Crippen molar-refractivity contribution < 1.29 is 17.6 Å². The highest BCUT2D eigenvalue weighted by molar-refractivity contribution is 7.92. The maximum Gasteiger partial charge on any atom is 0.264 e. The molecule has 0 spiro atoms. The fourth-order valence-electron chi connectivity index (χ4n) is 3.76. The molecule has 3 aromatic carbocycles. The summed E-state index contributed by atoms with van der Waals surface area (Å²) in [6.45, 7) is 1.62. The summed E-state index contributed by atoms with van der Waals surface area (Å²) in [5.74, 6) is -0.611. The van der Waals surface area contributed by atoms with E-state index in [0.717, 1.165) is 9.99 Å². The zero-order valence-corrected chi connectivity index (χ0v) is 19.3. The first-order chi connectivity index (χ1) is 15.9. The predicted octanol–water partition coefficient (Wildman–Crippen LogP) is 4.02. The molecular formula is C24H23ClFN3O3S. The van der Waals surface area contributed by atoms with Gasteiger partial charge in [-0.25, -0.2) is 12.8 Å². The average molecular weight is 488 g/mol. The lowest BCUT2D eigenvalue weighted by Gasteiger charge is -2.37. The Hall–Kier alpha value is -3.10. The Balaban J connectivity index is 1.53. The van der Waals surface area contributed by atoms with Crippen LogP contribution in [0.1, 0.15) is 0 Å². The van der Waals surface area contributed by atoms with E-state index in [4.69, 9.17) is 11.6 Å². The minimum absolute atomic E-state index is 0.0823. The second-order valence-corrected chi connectivity index (χ2v) is 9.89. The zero-order chi connectivity index (χ0) is 23.4. The molecule has 1 amide bonds. The quantitative estimate of drug-likeness (QED) is 0.527. The number of rotatable bonds is 6. The van der Waals surface area contributed by atoms with Crippen LogP contribution in [0.25, 0.3) is 0 Å². The van der Waals surface area contributed by atoms with E-state index in [9.17, 15) is 17.6 Å². The van der Waals surface area contributed by atoms with Crippen LogP contribution in [0.2, 0.25) is 5.02 Å². The van der Waals surface area contributed by atoms with E-state index in [0.29, 0.717) is 26.2 Å². The third-order valence-electron chi connectivity index (χ3n) is 5.56. The number of para-hydroxylation sites is 1. The first kappa shape index (κ1) is 23.1. The van der Waals surface area contributed by atoms with Crippen molar-refractivity contribution >= 4 is 38.9 Å². The minimum atomic E-state index is -4.01. The number of hydrogen-bond donors (Lipinski definition) is 0. The molecule has 3 aromatic rings. The van der Waals surface area contributed by atoms with Gasteiger partial charge in [-0.05, 0) is 48.5 Å². The Morgan fingerprint density at radius 1 is 0.879 bits per heavy atom. The maximum absolute atomic E-state index is 13.4. The zero-order valence-electron chi connectivity index (χ0n) is 17.8. The molecule has 0 bridgehead atoms. The van der Waals surface area contributed by atoms with Crippen LogP contribution in [0, 0.1) is 5.82 Å². The van der Waals surface area contributed by atoms with Crippen molar-refractivity contribution in [2.45, 2.75) is 4.90 Å². The number of halogens is 2. The smallest absolute Gasteiger partial charge is 0.264 e. The number of carbonyl (C=O) groups is 1. The van der Waals surface area contributed by atoms with Crippen LogP contribution in [0.5, 0.6) is 0 Å². The largest absolute Gasteiger partial charge is 0.368 e. The van der Waals surface area contributed by atoms with Crippen molar-refractivity contribution in [2.75, 3.05) is 41.9 Å². The summed E-state index contributed by atoms with van der Waals surface area (Å²) < 4.78 is 41.1. The van der Waals surface area contributed by atoms with Gasteiger partial charge in [0, 0.05) is 31.9 Å². The molecule has 1 heterocycles. The molecule has 1 aliphatic rings. The number of sulfonamides is 1. The van der Waals surface area contributed by atoms with Gasteiger partial charge in [-0.15, -0.1) is 0 Å². The van der Waals surface area contributed by atoms with Crippen molar-refractivity contribution in [3.63, 3.8) is 0 Å². The predicted molar refractivity (Wildman–Crippen MR) is 128 cm³/mol. The molecule has 9 heteroatoms. The summed E-state index contributed by atoms with van der Waals surface area (Å²) >= 11 is 6.32. The van der Waals surface area contributed by atoms with E-state index in [1.807, 2.05) is 0 Å². The fourth-order valence-corrected chi connectivity index (χ4v) is 5.50. The number of hydrogen-bond acceptors (Lipinski definition) is 4. The maximum atomic E-state index is 13.4. The van der Waals surface area contributed by atoms with E-state index < -0.39 is 10.0 Å². The molecule has 1 aliphatic heterocycles. The second kappa shape index (κ2) is 9.80. The van der Waals surface area contributed by atoms with Crippen molar-refractivity contribution in [1.82, 2.24) is 4.90 Å². The van der Waals surface area contributed by atoms with Gasteiger partial charge in [0.1, 0.15) is 12.4 Å². The summed E-state index contributed by atoms with van der Waals surface area (Å²) in [5.41, 5.74) is 1.13. The number of piperazine rings is 1. The van der Waals surface area contributed by atoms with Gasteiger partial charge in [-0.2, -0.15) is 0 Å². The molecule has 6 nitrogen and oxygen atoms in total. The van der Waals surface area contributed by atoms with Gasteiger partial charge >= 0.3 is 0 Å². The van der Waals surface area contributed by atoms with Crippen LogP contribution in [-0.2, 0) is 14.8 Å². The molecule has 0 N–H and O–H groups in total. The monoisotopic (exact) mass is 487 g/mol. The van der Waals surface area contributed by atoms with Gasteiger partial charge in [-0.1, -0.05) is 41.9 Å². The van der Waals surface area contributed by atoms with Gasteiger partial charge in [0.25, 0.3) is 10.0 Å². The Morgan fingerprint density at radius 3 is 2.12 bits per heavy atom. The number of amides is 1. The first-order valence-electron chi connectivity index (χ1n) is 10.5. The van der Waals surface area contributed by atoms with E-state index in [1.54, 1.807) is 59.5 Å². The van der Waals surface area contributed by atoms with Crippen molar-refractivity contribution in [3.8, 4) is 0 Å². The number of nitrogens with zero attached hydrogens (tertiary/aromatic N) is 3. The summed E-state index contributed by atoms with van der Waals surface area (Å²) in [6, 6.07) is 20.8. The molecule has 172 valence electrons. The Morgan fingerprint density at radius 2 is 1.48 bits per heavy atom. The fraction of sp³-hybridized carbons (Fsp3) is 0.208. The molecule has 33 heavy (non-hydrogen) atoms. The van der Waals surface area contributed by atoms with Crippen molar-refractivity contribution in [1.29, 1.82) is 0 Å². The molecular weight excluding hydrogens is 465 g/mol. The SMILES string of the molecule is O=C(CN(c1ccccc1Cl)S(=O)(=O)c1ccccc1)N1CCN(c2ccc(F)cc2)CC1. The minimum Gasteiger partial charge on any atom is -0.368 e. The third kappa shape index (κ3) is 5.12. The third-order valence-corrected chi connectivity index (χ3v) is 7.65. The molecule has 0 atom stereocenters. The highest BCUT2D eigenvalue weighted by Crippen LogP contribution is 2.30. The Labute approximate surface area is 197 Å². The topological polar surface area (TPSA) is 60.9 Å². The standard InChI is InChI=1S/C24H23ClFN3O3S/c25-22-8-4-5-9-23(22)29(33(31,32)21-6-2-1-3-7-21)18-24(30)28-16-14-27(15-17-28)20-12-10-19(26)11-13-20/h1-13H,14-18H2. The van der Waals surface area contributed by atoms with Gasteiger partial charge in [0.2, 0.25) is 5.91 Å². The van der Waals surface area contributed by atoms with E-state index in [2.05, 4.69) is 4.90 Å². The molecule has 0 radical (unpaired) electrons. The van der Waals surface area contributed by atoms with Crippen molar-refractivity contribution in [2.24, 2.45) is 0 Å². The summed E-state index contributed by atoms with van der Waals surface area (Å²) in [6.07, 6.45) is 0. The van der Waals surface area contributed by atoms with Crippen molar-refractivity contribution in [3.05, 3.63) is 89.7 Å². The van der Waals surface area contributed by atoms with Crippen LogP contribution >= 0.6 is 11.6 Å². The van der Waals surface area contributed by atoms with E-state index >= 15 is 0 Å². The lowest BCUT2D eigenvalue weighted by atomic mass is 10.2. The number of carbonyl (C=O) groups excluding carboxylic acids is 1. The van der Waals surface area contributed by atoms with Gasteiger partial charge < -0.3 is 9.80 Å².